The zero-order valence-corrected chi connectivity index (χ0v) is 13.4. The molecule has 0 bridgehead atoms. The number of hydrogen-bond acceptors (Lipinski definition) is 5. The van der Waals surface area contributed by atoms with Crippen LogP contribution in [0.4, 0.5) is 0 Å². The summed E-state index contributed by atoms with van der Waals surface area (Å²) in [7, 11) is -3.89. The number of aryl methyl sites for hydroxylation is 3. The van der Waals surface area contributed by atoms with Crippen molar-refractivity contribution in [3.8, 4) is 0 Å². The van der Waals surface area contributed by atoms with Crippen LogP contribution in [0.25, 0.3) is 0 Å². The highest BCUT2D eigenvalue weighted by molar-refractivity contribution is 7.86. The average molecular weight is 308 g/mol. The summed E-state index contributed by atoms with van der Waals surface area (Å²) in [6.45, 7) is 7.31. The van der Waals surface area contributed by atoms with E-state index in [1.807, 2.05) is 26.0 Å². The molecule has 21 heavy (non-hydrogen) atoms. The molecule has 0 aromatic heterocycles. The van der Waals surface area contributed by atoms with E-state index in [-0.39, 0.29) is 4.90 Å². The molecule has 5 nitrogen and oxygen atoms in total. The molecule has 0 fully saturated rings. The standard InChI is InChI=1S/C15H20N2O3S/c1-10-5-6-17(16)14(9-10)20-21(18,19)15-12(3)7-11(2)8-13(15)4/h5-9,14H,16H2,1-4H3. The Balaban J connectivity index is 2.38. The molecule has 1 aliphatic heterocycles. The van der Waals surface area contributed by atoms with Crippen molar-refractivity contribution in [1.82, 2.24) is 5.01 Å². The van der Waals surface area contributed by atoms with E-state index in [2.05, 4.69) is 0 Å². The molecule has 0 amide bonds. The van der Waals surface area contributed by atoms with Crippen molar-refractivity contribution in [2.75, 3.05) is 0 Å². The van der Waals surface area contributed by atoms with Gasteiger partial charge in [-0.1, -0.05) is 17.7 Å². The summed E-state index contributed by atoms with van der Waals surface area (Å²) >= 11 is 0. The van der Waals surface area contributed by atoms with Crippen LogP contribution >= 0.6 is 0 Å². The Hall–Kier alpha value is -1.63. The molecule has 1 aromatic rings. The molecule has 0 aliphatic carbocycles. The van der Waals surface area contributed by atoms with Gasteiger partial charge in [0.1, 0.15) is 0 Å². The van der Waals surface area contributed by atoms with Crippen molar-refractivity contribution in [3.05, 3.63) is 52.7 Å². The van der Waals surface area contributed by atoms with Crippen LogP contribution in [0.1, 0.15) is 23.6 Å². The third-order valence-electron chi connectivity index (χ3n) is 3.29. The molecule has 114 valence electrons. The lowest BCUT2D eigenvalue weighted by molar-refractivity contribution is 0.106. The van der Waals surface area contributed by atoms with Gasteiger partial charge in [-0.15, -0.1) is 0 Å². The molecule has 0 saturated heterocycles. The van der Waals surface area contributed by atoms with Crippen molar-refractivity contribution in [2.24, 2.45) is 5.84 Å². The van der Waals surface area contributed by atoms with Gasteiger partial charge in [-0.05, 0) is 56.5 Å². The van der Waals surface area contributed by atoms with E-state index < -0.39 is 16.3 Å². The highest BCUT2D eigenvalue weighted by Gasteiger charge is 2.27. The number of benzene rings is 1. The summed E-state index contributed by atoms with van der Waals surface area (Å²) < 4.78 is 30.4. The van der Waals surface area contributed by atoms with Gasteiger partial charge >= 0.3 is 0 Å². The molecule has 1 aliphatic rings. The fourth-order valence-electron chi connectivity index (χ4n) is 2.47. The molecule has 0 spiro atoms. The smallest absolute Gasteiger partial charge is 0.285 e. The fourth-order valence-corrected chi connectivity index (χ4v) is 3.89. The number of nitrogens with two attached hydrogens (primary N) is 1. The molecular weight excluding hydrogens is 288 g/mol. The van der Waals surface area contributed by atoms with Crippen molar-refractivity contribution < 1.29 is 12.6 Å². The SMILES string of the molecule is CC1=CC(OS(=O)(=O)c2c(C)cc(C)cc2C)N(N)C=C1. The van der Waals surface area contributed by atoms with Gasteiger partial charge in [0.15, 0.2) is 6.23 Å². The van der Waals surface area contributed by atoms with Crippen LogP contribution < -0.4 is 5.84 Å². The first-order valence-corrected chi connectivity index (χ1v) is 8.02. The van der Waals surface area contributed by atoms with Crippen molar-refractivity contribution in [3.63, 3.8) is 0 Å². The van der Waals surface area contributed by atoms with E-state index in [0.29, 0.717) is 11.1 Å². The Kier molecular flexibility index (Phi) is 4.22. The van der Waals surface area contributed by atoms with Gasteiger partial charge in [-0.2, -0.15) is 8.42 Å². The molecule has 1 unspecified atom stereocenters. The second kappa shape index (κ2) is 5.63. The minimum atomic E-state index is -3.89. The first-order valence-electron chi connectivity index (χ1n) is 6.61. The maximum Gasteiger partial charge on any atom is 0.299 e. The van der Waals surface area contributed by atoms with Gasteiger partial charge in [-0.3, -0.25) is 5.01 Å². The summed E-state index contributed by atoms with van der Waals surface area (Å²) in [6, 6.07) is 3.65. The lowest BCUT2D eigenvalue weighted by Crippen LogP contribution is -2.40. The van der Waals surface area contributed by atoms with Gasteiger partial charge in [0.25, 0.3) is 10.1 Å². The molecule has 6 heteroatoms. The van der Waals surface area contributed by atoms with Crippen LogP contribution in [0.2, 0.25) is 0 Å². The highest BCUT2D eigenvalue weighted by atomic mass is 32.2. The van der Waals surface area contributed by atoms with E-state index in [4.69, 9.17) is 10.0 Å². The predicted molar refractivity (Wildman–Crippen MR) is 81.6 cm³/mol. The van der Waals surface area contributed by atoms with E-state index in [0.717, 1.165) is 11.1 Å². The highest BCUT2D eigenvalue weighted by Crippen LogP contribution is 2.26. The first-order chi connectivity index (χ1) is 9.70. The number of allylic oxidation sites excluding steroid dienone is 2. The lowest BCUT2D eigenvalue weighted by Gasteiger charge is -2.26. The molecule has 2 rings (SSSR count). The lowest BCUT2D eigenvalue weighted by atomic mass is 10.1. The maximum atomic E-state index is 12.5. The van der Waals surface area contributed by atoms with E-state index >= 15 is 0 Å². The molecule has 1 aromatic carbocycles. The molecular formula is C15H20N2O3S. The minimum absolute atomic E-state index is 0.210. The minimum Gasteiger partial charge on any atom is -0.285 e. The number of hydrazine groups is 1. The third kappa shape index (κ3) is 3.34. The van der Waals surface area contributed by atoms with Crippen molar-refractivity contribution in [2.45, 2.75) is 38.8 Å². The van der Waals surface area contributed by atoms with Crippen LogP contribution in [-0.2, 0) is 14.3 Å². The molecule has 0 radical (unpaired) electrons. The fraction of sp³-hybridized carbons (Fsp3) is 0.333. The van der Waals surface area contributed by atoms with Gasteiger partial charge in [-0.25, -0.2) is 10.0 Å². The average Bonchev–Trinajstić information content (AvgIpc) is 2.31. The second-order valence-corrected chi connectivity index (χ2v) is 6.85. The third-order valence-corrected chi connectivity index (χ3v) is 4.88. The molecule has 1 atom stereocenters. The zero-order valence-electron chi connectivity index (χ0n) is 12.6. The molecule has 0 saturated carbocycles. The number of hydrogen-bond donors (Lipinski definition) is 1. The monoisotopic (exact) mass is 308 g/mol. The molecule has 1 heterocycles. The van der Waals surface area contributed by atoms with Gasteiger partial charge in [0.05, 0.1) is 4.90 Å². The summed E-state index contributed by atoms with van der Waals surface area (Å²) in [6.07, 6.45) is 4.20. The second-order valence-electron chi connectivity index (χ2n) is 5.34. The van der Waals surface area contributed by atoms with Crippen LogP contribution in [-0.4, -0.2) is 19.7 Å². The van der Waals surface area contributed by atoms with Crippen LogP contribution in [0.5, 0.6) is 0 Å². The first kappa shape index (κ1) is 15.8. The Labute approximate surface area is 125 Å². The topological polar surface area (TPSA) is 72.6 Å². The Morgan fingerprint density at radius 1 is 1.14 bits per heavy atom. The van der Waals surface area contributed by atoms with Gasteiger partial charge < -0.3 is 0 Å². The quantitative estimate of drug-likeness (QED) is 0.685. The summed E-state index contributed by atoms with van der Waals surface area (Å²) in [4.78, 5) is 0.210. The zero-order chi connectivity index (χ0) is 15.8. The van der Waals surface area contributed by atoms with Crippen molar-refractivity contribution >= 4 is 10.1 Å². The Morgan fingerprint density at radius 3 is 2.29 bits per heavy atom. The van der Waals surface area contributed by atoms with Gasteiger partial charge in [0, 0.05) is 6.20 Å². The van der Waals surface area contributed by atoms with E-state index in [1.165, 1.54) is 5.01 Å². The Bertz CT molecular complexity index is 697. The maximum absolute atomic E-state index is 12.5. The van der Waals surface area contributed by atoms with E-state index in [9.17, 15) is 8.42 Å². The summed E-state index contributed by atoms with van der Waals surface area (Å²) in [5.74, 6) is 5.74. The number of nitrogens with zero attached hydrogens (tertiary/aromatic N) is 1. The Morgan fingerprint density at radius 2 is 1.71 bits per heavy atom. The van der Waals surface area contributed by atoms with Crippen LogP contribution in [0.15, 0.2) is 41.0 Å². The molecule has 2 N–H and O–H groups in total. The van der Waals surface area contributed by atoms with Crippen LogP contribution in [0, 0.1) is 20.8 Å². The predicted octanol–water partition coefficient (Wildman–Crippen LogP) is 2.29. The normalized spacial score (nSPS) is 18.8. The summed E-state index contributed by atoms with van der Waals surface area (Å²) in [5, 5.41) is 1.23. The summed E-state index contributed by atoms with van der Waals surface area (Å²) in [5.41, 5.74) is 3.25. The van der Waals surface area contributed by atoms with Gasteiger partial charge in [0.2, 0.25) is 0 Å². The van der Waals surface area contributed by atoms with E-state index in [1.54, 1.807) is 32.2 Å². The van der Waals surface area contributed by atoms with Crippen LogP contribution in [0.3, 0.4) is 0 Å². The largest absolute Gasteiger partial charge is 0.299 e. The van der Waals surface area contributed by atoms with Crippen molar-refractivity contribution in [1.29, 1.82) is 0 Å². The number of rotatable bonds is 3.